The van der Waals surface area contributed by atoms with Crippen LogP contribution in [0.3, 0.4) is 0 Å². The van der Waals surface area contributed by atoms with Gasteiger partial charge in [0, 0.05) is 0 Å². The number of thiophene rings is 1. The summed E-state index contributed by atoms with van der Waals surface area (Å²) in [5.74, 6) is 0. The van der Waals surface area contributed by atoms with Crippen molar-refractivity contribution in [3.05, 3.63) is 70.4 Å². The van der Waals surface area contributed by atoms with Gasteiger partial charge in [-0.1, -0.05) is 42.5 Å². The van der Waals surface area contributed by atoms with Crippen molar-refractivity contribution in [3.8, 4) is 0 Å². The van der Waals surface area contributed by atoms with Gasteiger partial charge in [-0.25, -0.2) is 0 Å². The van der Waals surface area contributed by atoms with Gasteiger partial charge < -0.3 is 0 Å². The molecule has 0 saturated heterocycles. The van der Waals surface area contributed by atoms with Gasteiger partial charge in [0.15, 0.2) is 0 Å². The molecule has 1 unspecified atom stereocenters. The van der Waals surface area contributed by atoms with Crippen LogP contribution in [0.5, 0.6) is 0 Å². The summed E-state index contributed by atoms with van der Waals surface area (Å²) >= 11 is 8.24. The molecular formula is C15H11ClS. The summed E-state index contributed by atoms with van der Waals surface area (Å²) in [4.78, 5) is 0. The van der Waals surface area contributed by atoms with Gasteiger partial charge in [0.25, 0.3) is 0 Å². The number of fused-ring (bicyclic) bond motifs is 1. The number of halogens is 1. The first kappa shape index (κ1) is 10.8. The van der Waals surface area contributed by atoms with E-state index < -0.39 is 0 Å². The number of rotatable bonds is 2. The molecule has 1 atom stereocenters. The van der Waals surface area contributed by atoms with Gasteiger partial charge in [0.05, 0.1) is 5.38 Å². The summed E-state index contributed by atoms with van der Waals surface area (Å²) in [7, 11) is 0. The molecule has 0 saturated carbocycles. The predicted molar refractivity (Wildman–Crippen MR) is 76.0 cm³/mol. The number of benzene rings is 2. The van der Waals surface area contributed by atoms with Crippen LogP contribution in [-0.2, 0) is 0 Å². The highest BCUT2D eigenvalue weighted by molar-refractivity contribution is 7.08. The molecule has 1 aromatic heterocycles. The second-order valence-corrected chi connectivity index (χ2v) is 5.20. The maximum atomic E-state index is 6.56. The van der Waals surface area contributed by atoms with E-state index in [4.69, 9.17) is 11.6 Å². The number of hydrogen-bond donors (Lipinski definition) is 0. The molecule has 0 aliphatic rings. The monoisotopic (exact) mass is 258 g/mol. The van der Waals surface area contributed by atoms with E-state index in [1.165, 1.54) is 21.9 Å². The average molecular weight is 259 g/mol. The highest BCUT2D eigenvalue weighted by atomic mass is 35.5. The Labute approximate surface area is 109 Å². The van der Waals surface area contributed by atoms with E-state index in [9.17, 15) is 0 Å². The molecular weight excluding hydrogens is 248 g/mol. The second-order valence-electron chi connectivity index (χ2n) is 3.99. The van der Waals surface area contributed by atoms with Gasteiger partial charge in [0.2, 0.25) is 0 Å². The third kappa shape index (κ3) is 1.97. The Hall–Kier alpha value is -1.31. The summed E-state index contributed by atoms with van der Waals surface area (Å²) in [6.07, 6.45) is 0. The van der Waals surface area contributed by atoms with Gasteiger partial charge in [0.1, 0.15) is 0 Å². The first-order valence-corrected chi connectivity index (χ1v) is 6.88. The molecule has 0 aliphatic carbocycles. The van der Waals surface area contributed by atoms with E-state index in [1.807, 2.05) is 0 Å². The molecule has 3 aromatic rings. The van der Waals surface area contributed by atoms with Crippen molar-refractivity contribution >= 4 is 33.7 Å². The predicted octanol–water partition coefficient (Wildman–Crippen LogP) is 5.23. The molecule has 0 bridgehead atoms. The molecule has 0 spiro atoms. The highest BCUT2D eigenvalue weighted by Crippen LogP contribution is 2.34. The van der Waals surface area contributed by atoms with Crippen LogP contribution in [0.1, 0.15) is 16.5 Å². The third-order valence-electron chi connectivity index (χ3n) is 2.93. The lowest BCUT2D eigenvalue weighted by Gasteiger charge is -2.11. The molecule has 0 fully saturated rings. The molecule has 0 aliphatic heterocycles. The summed E-state index contributed by atoms with van der Waals surface area (Å²) < 4.78 is 0. The number of alkyl halides is 1. The van der Waals surface area contributed by atoms with E-state index in [0.717, 1.165) is 0 Å². The zero-order chi connectivity index (χ0) is 11.7. The maximum absolute atomic E-state index is 6.56. The van der Waals surface area contributed by atoms with Gasteiger partial charge in [-0.3, -0.25) is 0 Å². The molecule has 2 aromatic carbocycles. The van der Waals surface area contributed by atoms with Crippen LogP contribution < -0.4 is 0 Å². The Balaban J connectivity index is 2.17. The van der Waals surface area contributed by atoms with Crippen molar-refractivity contribution in [1.29, 1.82) is 0 Å². The first-order valence-electron chi connectivity index (χ1n) is 5.50. The second kappa shape index (κ2) is 4.52. The highest BCUT2D eigenvalue weighted by Gasteiger charge is 2.13. The smallest absolute Gasteiger partial charge is 0.0849 e. The Morgan fingerprint density at radius 2 is 1.76 bits per heavy atom. The molecule has 0 N–H and O–H groups in total. The van der Waals surface area contributed by atoms with Crippen molar-refractivity contribution in [1.82, 2.24) is 0 Å². The molecule has 84 valence electrons. The lowest BCUT2D eigenvalue weighted by Crippen LogP contribution is -1.92. The number of hydrogen-bond acceptors (Lipinski definition) is 1. The van der Waals surface area contributed by atoms with Gasteiger partial charge >= 0.3 is 0 Å². The van der Waals surface area contributed by atoms with Crippen LogP contribution in [0.4, 0.5) is 0 Å². The van der Waals surface area contributed by atoms with Crippen LogP contribution >= 0.6 is 22.9 Å². The Bertz CT molecular complexity index is 623. The largest absolute Gasteiger partial charge is 0.152 e. The topological polar surface area (TPSA) is 0 Å². The van der Waals surface area contributed by atoms with E-state index >= 15 is 0 Å². The van der Waals surface area contributed by atoms with Crippen molar-refractivity contribution in [2.75, 3.05) is 0 Å². The standard InChI is InChI=1S/C15H11ClS/c16-15(12-8-9-17-10-12)14-7-3-5-11-4-1-2-6-13(11)14/h1-10,15H. The molecule has 0 nitrogen and oxygen atoms in total. The molecule has 3 rings (SSSR count). The zero-order valence-electron chi connectivity index (χ0n) is 9.14. The fourth-order valence-corrected chi connectivity index (χ4v) is 3.16. The molecule has 2 heteroatoms. The normalized spacial score (nSPS) is 12.8. The lowest BCUT2D eigenvalue weighted by molar-refractivity contribution is 1.18. The van der Waals surface area contributed by atoms with Gasteiger partial charge in [-0.2, -0.15) is 11.3 Å². The minimum absolute atomic E-state index is 0.0626. The quantitative estimate of drug-likeness (QED) is 0.552. The minimum atomic E-state index is -0.0626. The Kier molecular flexibility index (Phi) is 2.87. The van der Waals surface area contributed by atoms with Crippen molar-refractivity contribution in [2.45, 2.75) is 5.38 Å². The van der Waals surface area contributed by atoms with Crippen LogP contribution in [0, 0.1) is 0 Å². The van der Waals surface area contributed by atoms with E-state index in [2.05, 4.69) is 59.3 Å². The summed E-state index contributed by atoms with van der Waals surface area (Å²) in [6, 6.07) is 16.8. The van der Waals surface area contributed by atoms with Gasteiger partial charge in [-0.05, 0) is 38.7 Å². The SMILES string of the molecule is ClC(c1ccsc1)c1cccc2ccccc12. The van der Waals surface area contributed by atoms with E-state index in [-0.39, 0.29) is 5.38 Å². The van der Waals surface area contributed by atoms with E-state index in [0.29, 0.717) is 0 Å². The van der Waals surface area contributed by atoms with Crippen molar-refractivity contribution in [3.63, 3.8) is 0 Å². The summed E-state index contributed by atoms with van der Waals surface area (Å²) in [6.45, 7) is 0. The van der Waals surface area contributed by atoms with Crippen molar-refractivity contribution < 1.29 is 0 Å². The molecule has 17 heavy (non-hydrogen) atoms. The zero-order valence-corrected chi connectivity index (χ0v) is 10.7. The Morgan fingerprint density at radius 3 is 2.59 bits per heavy atom. The van der Waals surface area contributed by atoms with E-state index in [1.54, 1.807) is 11.3 Å². The van der Waals surface area contributed by atoms with Gasteiger partial charge in [-0.15, -0.1) is 11.6 Å². The molecule has 0 radical (unpaired) electrons. The third-order valence-corrected chi connectivity index (χ3v) is 4.12. The molecule has 0 amide bonds. The maximum Gasteiger partial charge on any atom is 0.0849 e. The summed E-state index contributed by atoms with van der Waals surface area (Å²) in [5.41, 5.74) is 2.36. The fraction of sp³-hybridized carbons (Fsp3) is 0.0667. The van der Waals surface area contributed by atoms with Crippen LogP contribution in [0.2, 0.25) is 0 Å². The lowest BCUT2D eigenvalue weighted by atomic mass is 9.99. The van der Waals surface area contributed by atoms with Crippen molar-refractivity contribution in [2.24, 2.45) is 0 Å². The fourth-order valence-electron chi connectivity index (χ4n) is 2.07. The summed E-state index contributed by atoms with van der Waals surface area (Å²) in [5, 5.41) is 6.59. The first-order chi connectivity index (χ1) is 8.36. The average Bonchev–Trinajstić information content (AvgIpc) is 2.91. The Morgan fingerprint density at radius 1 is 0.941 bits per heavy atom. The molecule has 1 heterocycles. The van der Waals surface area contributed by atoms with Crippen LogP contribution in [0.25, 0.3) is 10.8 Å². The minimum Gasteiger partial charge on any atom is -0.152 e. The van der Waals surface area contributed by atoms with Crippen LogP contribution in [0.15, 0.2) is 59.3 Å². The van der Waals surface area contributed by atoms with Crippen LogP contribution in [-0.4, -0.2) is 0 Å².